The summed E-state index contributed by atoms with van der Waals surface area (Å²) in [7, 11) is 0. The molecule has 1 aromatic rings. The zero-order valence-electron chi connectivity index (χ0n) is 5.08. The molecule has 0 saturated heterocycles. The van der Waals surface area contributed by atoms with Gasteiger partial charge >= 0.3 is 0 Å². The van der Waals surface area contributed by atoms with Gasteiger partial charge in [-0.05, 0) is 24.3 Å². The molecule has 2 nitrogen and oxygen atoms in total. The summed E-state index contributed by atoms with van der Waals surface area (Å²) in [6, 6.07) is 6.78. The number of carbonyl (C=O) groups is 1. The van der Waals surface area contributed by atoms with Gasteiger partial charge in [0.2, 0.25) is 0 Å². The maximum Gasteiger partial charge on any atom is 0.179 e. The summed E-state index contributed by atoms with van der Waals surface area (Å²) in [5.41, 5.74) is 0.647. The van der Waals surface area contributed by atoms with Crippen LogP contribution in [0.25, 0.3) is 0 Å². The van der Waals surface area contributed by atoms with E-state index in [1.54, 1.807) is 24.3 Å². The second-order valence-electron chi connectivity index (χ2n) is 1.76. The summed E-state index contributed by atoms with van der Waals surface area (Å²) >= 11 is 2.82. The Morgan fingerprint density at radius 1 is 1.30 bits per heavy atom. The Balaban J connectivity index is 2.90. The van der Waals surface area contributed by atoms with Crippen LogP contribution in [0.1, 0.15) is 10.4 Å². The molecule has 0 spiro atoms. The third-order valence-electron chi connectivity index (χ3n) is 1.11. The number of hydrogen-bond acceptors (Lipinski definition) is 2. The molecule has 0 aliphatic heterocycles. The van der Waals surface area contributed by atoms with Gasteiger partial charge in [0, 0.05) is 5.56 Å². The van der Waals surface area contributed by atoms with Crippen LogP contribution in [0.4, 0.5) is 0 Å². The van der Waals surface area contributed by atoms with Crippen LogP contribution in [0.3, 0.4) is 0 Å². The monoisotopic (exact) mass is 200 g/mol. The van der Waals surface area contributed by atoms with Crippen LogP contribution in [0.15, 0.2) is 24.3 Å². The van der Waals surface area contributed by atoms with E-state index in [0.717, 1.165) is 6.29 Å². The number of halogens is 1. The lowest BCUT2D eigenvalue weighted by Crippen LogP contribution is -1.78. The van der Waals surface area contributed by atoms with Crippen molar-refractivity contribution >= 4 is 22.5 Å². The lowest BCUT2D eigenvalue weighted by molar-refractivity contribution is 0.112. The Hall–Kier alpha value is -0.830. The van der Waals surface area contributed by atoms with Crippen LogP contribution >= 0.6 is 16.3 Å². The van der Waals surface area contributed by atoms with Crippen molar-refractivity contribution in [3.63, 3.8) is 0 Å². The van der Waals surface area contributed by atoms with Crippen molar-refractivity contribution in [2.75, 3.05) is 0 Å². The molecule has 0 aliphatic rings. The van der Waals surface area contributed by atoms with Crippen molar-refractivity contribution in [2.24, 2.45) is 0 Å². The van der Waals surface area contributed by atoms with Crippen molar-refractivity contribution < 1.29 is 8.62 Å². The quantitative estimate of drug-likeness (QED) is 0.685. The molecule has 0 amide bonds. The smallest absolute Gasteiger partial charge is 0.179 e. The van der Waals surface area contributed by atoms with E-state index < -0.39 is 0 Å². The summed E-state index contributed by atoms with van der Waals surface area (Å²) in [5, 5.41) is 0. The molecule has 0 saturated carbocycles. The molecule has 0 aromatic heterocycles. The van der Waals surface area contributed by atoms with Crippen molar-refractivity contribution in [1.29, 1.82) is 0 Å². The first-order valence-electron chi connectivity index (χ1n) is 2.70. The van der Waals surface area contributed by atoms with Gasteiger partial charge in [-0.2, -0.15) is 0 Å². The zero-order chi connectivity index (χ0) is 7.40. The fourth-order valence-electron chi connectivity index (χ4n) is 0.598. The molecule has 0 atom stereocenters. The van der Waals surface area contributed by atoms with Crippen LogP contribution in [0.5, 0.6) is 5.75 Å². The van der Waals surface area contributed by atoms with Gasteiger partial charge in [-0.1, -0.05) is 0 Å². The third-order valence-corrected chi connectivity index (χ3v) is 1.48. The highest BCUT2D eigenvalue weighted by Gasteiger charge is 1.90. The number of aldehydes is 1. The molecule has 0 fully saturated rings. The Kier molecular flexibility index (Phi) is 2.45. The summed E-state index contributed by atoms with van der Waals surface area (Å²) in [6.45, 7) is 0. The van der Waals surface area contributed by atoms with Gasteiger partial charge in [0.05, 0.1) is 0 Å². The summed E-state index contributed by atoms with van der Waals surface area (Å²) < 4.78 is 4.71. The van der Waals surface area contributed by atoms with E-state index in [-0.39, 0.29) is 0 Å². The second-order valence-corrected chi connectivity index (χ2v) is 2.09. The maximum absolute atomic E-state index is 10.2. The first-order valence-corrected chi connectivity index (χ1v) is 3.35. The minimum Gasteiger partial charge on any atom is -0.418 e. The number of hydrogen-bond donors (Lipinski definition) is 0. The van der Waals surface area contributed by atoms with Gasteiger partial charge in [-0.25, -0.2) is 0 Å². The molecular formula is C7H5BrO2. The van der Waals surface area contributed by atoms with Crippen molar-refractivity contribution in [2.45, 2.75) is 0 Å². The predicted molar refractivity (Wildman–Crippen MR) is 41.4 cm³/mol. The minimum atomic E-state index is 0.647. The highest BCUT2D eigenvalue weighted by molar-refractivity contribution is 9.06. The summed E-state index contributed by atoms with van der Waals surface area (Å²) in [5.74, 6) is 0.686. The first kappa shape index (κ1) is 7.28. The van der Waals surface area contributed by atoms with Gasteiger partial charge in [0.1, 0.15) is 12.0 Å². The fraction of sp³-hybridized carbons (Fsp3) is 0. The SMILES string of the molecule is O=Cc1ccc(OBr)cc1. The predicted octanol–water partition coefficient (Wildman–Crippen LogP) is 2.19. The first-order chi connectivity index (χ1) is 4.86. The van der Waals surface area contributed by atoms with Gasteiger partial charge in [-0.3, -0.25) is 4.79 Å². The highest BCUT2D eigenvalue weighted by Crippen LogP contribution is 2.12. The van der Waals surface area contributed by atoms with Crippen LogP contribution in [0.2, 0.25) is 0 Å². The average molecular weight is 201 g/mol. The molecule has 3 heteroatoms. The van der Waals surface area contributed by atoms with Gasteiger partial charge < -0.3 is 3.83 Å². The highest BCUT2D eigenvalue weighted by atomic mass is 79.9. The Bertz CT molecular complexity index is 218. The average Bonchev–Trinajstić information content (AvgIpc) is 2.05. The molecule has 1 rings (SSSR count). The topological polar surface area (TPSA) is 26.3 Å². The van der Waals surface area contributed by atoms with Crippen molar-refractivity contribution in [1.82, 2.24) is 0 Å². The second kappa shape index (κ2) is 3.37. The summed E-state index contributed by atoms with van der Waals surface area (Å²) in [6.07, 6.45) is 0.790. The lowest BCUT2D eigenvalue weighted by Gasteiger charge is -1.93. The van der Waals surface area contributed by atoms with Crippen LogP contribution in [0, 0.1) is 0 Å². The maximum atomic E-state index is 10.2. The fourth-order valence-corrected chi connectivity index (χ4v) is 0.814. The van der Waals surface area contributed by atoms with Crippen LogP contribution in [-0.4, -0.2) is 6.29 Å². The third kappa shape index (κ3) is 1.57. The molecule has 0 aliphatic carbocycles. The molecule has 0 bridgehead atoms. The van der Waals surface area contributed by atoms with Gasteiger partial charge in [0.15, 0.2) is 16.3 Å². The normalized spacial score (nSPS) is 8.90. The molecule has 52 valence electrons. The number of carbonyl (C=O) groups excluding carboxylic acids is 1. The van der Waals surface area contributed by atoms with Crippen molar-refractivity contribution in [3.05, 3.63) is 29.8 Å². The molecule has 0 radical (unpaired) electrons. The summed E-state index contributed by atoms with van der Waals surface area (Å²) in [4.78, 5) is 10.2. The van der Waals surface area contributed by atoms with E-state index in [1.165, 1.54) is 0 Å². The Morgan fingerprint density at radius 3 is 2.30 bits per heavy atom. The number of benzene rings is 1. The van der Waals surface area contributed by atoms with E-state index in [4.69, 9.17) is 3.83 Å². The Morgan fingerprint density at radius 2 is 1.90 bits per heavy atom. The zero-order valence-corrected chi connectivity index (χ0v) is 6.67. The number of rotatable bonds is 2. The molecule has 0 N–H and O–H groups in total. The van der Waals surface area contributed by atoms with E-state index in [9.17, 15) is 4.79 Å². The minimum absolute atomic E-state index is 0.647. The van der Waals surface area contributed by atoms with Gasteiger partial charge in [-0.15, -0.1) is 0 Å². The molecule has 0 heterocycles. The van der Waals surface area contributed by atoms with Crippen LogP contribution < -0.4 is 3.83 Å². The largest absolute Gasteiger partial charge is 0.418 e. The van der Waals surface area contributed by atoms with Gasteiger partial charge in [0.25, 0.3) is 0 Å². The van der Waals surface area contributed by atoms with E-state index in [0.29, 0.717) is 11.3 Å². The molecule has 1 aromatic carbocycles. The molecule has 0 unspecified atom stereocenters. The van der Waals surface area contributed by atoms with Crippen molar-refractivity contribution in [3.8, 4) is 5.75 Å². The van der Waals surface area contributed by atoms with E-state index >= 15 is 0 Å². The molecule has 10 heavy (non-hydrogen) atoms. The van der Waals surface area contributed by atoms with E-state index in [1.807, 2.05) is 0 Å². The van der Waals surface area contributed by atoms with Crippen LogP contribution in [-0.2, 0) is 0 Å². The lowest BCUT2D eigenvalue weighted by atomic mass is 10.2. The Labute approximate surface area is 67.3 Å². The standard InChI is InChI=1S/C7H5BrO2/c8-10-7-3-1-6(5-9)2-4-7/h1-5H. The molecular weight excluding hydrogens is 196 g/mol. The van der Waals surface area contributed by atoms with E-state index in [2.05, 4.69) is 16.3 Å².